The quantitative estimate of drug-likeness (QED) is 0.542. The van der Waals surface area contributed by atoms with Crippen molar-refractivity contribution < 1.29 is 0 Å². The van der Waals surface area contributed by atoms with Crippen LogP contribution < -0.4 is 0 Å². The summed E-state index contributed by atoms with van der Waals surface area (Å²) in [6, 6.07) is 8.38. The Labute approximate surface area is 157 Å². The summed E-state index contributed by atoms with van der Waals surface area (Å²) in [6.07, 6.45) is 0.953. The van der Waals surface area contributed by atoms with Gasteiger partial charge in [-0.1, -0.05) is 0 Å². The fraction of sp³-hybridized carbons (Fsp3) is 0.368. The minimum absolute atomic E-state index is 0.672. The summed E-state index contributed by atoms with van der Waals surface area (Å²) in [5.41, 5.74) is 5.17. The van der Waals surface area contributed by atoms with Crippen LogP contribution in [-0.4, -0.2) is 21.5 Å². The Morgan fingerprint density at radius 2 is 1.20 bits per heavy atom. The van der Waals surface area contributed by atoms with Crippen molar-refractivity contribution in [3.8, 4) is 12.1 Å². The summed E-state index contributed by atoms with van der Waals surface area (Å²) < 4.78 is 0. The monoisotopic (exact) mass is 368 g/mol. The van der Waals surface area contributed by atoms with E-state index in [4.69, 9.17) is 0 Å². The van der Waals surface area contributed by atoms with Crippen LogP contribution in [0.1, 0.15) is 40.1 Å². The number of hydrogen-bond acceptors (Lipinski definition) is 6. The standard InChI is InChI=1S/C19H20N4S2/c1-12-8-14(3)22-18(16(12)10-20)24-6-5-7-25-19-17(11-21)13(2)9-15(4)23-19/h8-9H,5-7H2,1-4H3. The predicted octanol–water partition coefficient (Wildman–Crippen LogP) is 4.73. The number of aromatic nitrogens is 2. The summed E-state index contributed by atoms with van der Waals surface area (Å²) in [5.74, 6) is 1.76. The van der Waals surface area contributed by atoms with Crippen LogP contribution in [0.2, 0.25) is 0 Å². The van der Waals surface area contributed by atoms with Gasteiger partial charge >= 0.3 is 0 Å². The van der Waals surface area contributed by atoms with E-state index < -0.39 is 0 Å². The van der Waals surface area contributed by atoms with Crippen LogP contribution in [0.15, 0.2) is 22.2 Å². The average Bonchev–Trinajstić information content (AvgIpc) is 2.53. The summed E-state index contributed by atoms with van der Waals surface area (Å²) >= 11 is 3.24. The number of rotatable bonds is 6. The number of aryl methyl sites for hydroxylation is 4. The molecule has 0 bridgehead atoms. The smallest absolute Gasteiger partial charge is 0.114 e. The molecule has 0 aliphatic rings. The first-order chi connectivity index (χ1) is 12.0. The second-order valence-electron chi connectivity index (χ2n) is 5.80. The molecule has 128 valence electrons. The van der Waals surface area contributed by atoms with Crippen molar-refractivity contribution in [3.05, 3.63) is 45.8 Å². The minimum atomic E-state index is 0.672. The van der Waals surface area contributed by atoms with Crippen molar-refractivity contribution in [2.45, 2.75) is 44.2 Å². The van der Waals surface area contributed by atoms with Gasteiger partial charge in [0.15, 0.2) is 0 Å². The van der Waals surface area contributed by atoms with Gasteiger partial charge in [-0.25, -0.2) is 9.97 Å². The van der Waals surface area contributed by atoms with Gasteiger partial charge in [-0.15, -0.1) is 23.5 Å². The molecule has 0 radical (unpaired) electrons. The van der Waals surface area contributed by atoms with Crippen LogP contribution in [0.4, 0.5) is 0 Å². The molecule has 0 saturated heterocycles. The van der Waals surface area contributed by atoms with Gasteiger partial charge < -0.3 is 0 Å². The minimum Gasteiger partial charge on any atom is -0.245 e. The predicted molar refractivity (Wildman–Crippen MR) is 103 cm³/mol. The third kappa shape index (κ3) is 4.98. The van der Waals surface area contributed by atoms with Gasteiger partial charge in [-0.3, -0.25) is 0 Å². The molecule has 4 nitrogen and oxygen atoms in total. The van der Waals surface area contributed by atoms with Crippen LogP contribution in [0, 0.1) is 50.4 Å². The molecular weight excluding hydrogens is 348 g/mol. The lowest BCUT2D eigenvalue weighted by molar-refractivity contribution is 1.01. The van der Waals surface area contributed by atoms with Gasteiger partial charge in [0.25, 0.3) is 0 Å². The molecule has 0 amide bonds. The largest absolute Gasteiger partial charge is 0.245 e. The molecule has 2 aromatic rings. The highest BCUT2D eigenvalue weighted by molar-refractivity contribution is 8.00. The van der Waals surface area contributed by atoms with Crippen molar-refractivity contribution in [2.75, 3.05) is 11.5 Å². The van der Waals surface area contributed by atoms with Crippen molar-refractivity contribution in [2.24, 2.45) is 0 Å². The molecule has 0 aliphatic heterocycles. The van der Waals surface area contributed by atoms with E-state index in [-0.39, 0.29) is 0 Å². The maximum Gasteiger partial charge on any atom is 0.114 e. The highest BCUT2D eigenvalue weighted by atomic mass is 32.2. The van der Waals surface area contributed by atoms with Crippen molar-refractivity contribution in [1.29, 1.82) is 10.5 Å². The van der Waals surface area contributed by atoms with Crippen LogP contribution in [-0.2, 0) is 0 Å². The van der Waals surface area contributed by atoms with E-state index in [2.05, 4.69) is 22.1 Å². The summed E-state index contributed by atoms with van der Waals surface area (Å²) in [4.78, 5) is 8.98. The van der Waals surface area contributed by atoms with Crippen LogP contribution >= 0.6 is 23.5 Å². The average molecular weight is 369 g/mol. The van der Waals surface area contributed by atoms with Crippen molar-refractivity contribution in [1.82, 2.24) is 9.97 Å². The Hall–Kier alpha value is -2.02. The highest BCUT2D eigenvalue weighted by Crippen LogP contribution is 2.27. The lowest BCUT2D eigenvalue weighted by Gasteiger charge is -2.08. The second kappa shape index (κ2) is 8.89. The van der Waals surface area contributed by atoms with Crippen LogP contribution in [0.25, 0.3) is 0 Å². The van der Waals surface area contributed by atoms with Crippen LogP contribution in [0.3, 0.4) is 0 Å². The zero-order valence-electron chi connectivity index (χ0n) is 14.9. The summed E-state index contributed by atoms with van der Waals surface area (Å²) in [6.45, 7) is 7.79. The first kappa shape index (κ1) is 19.3. The molecule has 0 atom stereocenters. The second-order valence-corrected chi connectivity index (χ2v) is 7.96. The number of nitrogens with zero attached hydrogens (tertiary/aromatic N) is 4. The van der Waals surface area contributed by atoms with Gasteiger partial charge in [-0.05, 0) is 57.4 Å². The van der Waals surface area contributed by atoms with E-state index in [0.29, 0.717) is 11.1 Å². The molecule has 2 heterocycles. The normalized spacial score (nSPS) is 10.3. The van der Waals surface area contributed by atoms with Gasteiger partial charge in [0.1, 0.15) is 22.2 Å². The van der Waals surface area contributed by atoms with E-state index in [9.17, 15) is 10.5 Å². The Bertz CT molecular complexity index is 792. The Morgan fingerprint density at radius 1 is 0.800 bits per heavy atom. The third-order valence-electron chi connectivity index (χ3n) is 3.61. The zero-order chi connectivity index (χ0) is 18.4. The third-order valence-corrected chi connectivity index (χ3v) is 5.74. The molecule has 0 aromatic carbocycles. The van der Waals surface area contributed by atoms with Gasteiger partial charge in [-0.2, -0.15) is 10.5 Å². The molecule has 0 N–H and O–H groups in total. The molecule has 0 unspecified atom stereocenters. The van der Waals surface area contributed by atoms with E-state index >= 15 is 0 Å². The fourth-order valence-electron chi connectivity index (χ4n) is 2.48. The van der Waals surface area contributed by atoms with Gasteiger partial charge in [0, 0.05) is 22.9 Å². The first-order valence-electron chi connectivity index (χ1n) is 7.98. The Kier molecular flexibility index (Phi) is 6.87. The molecular formula is C19H20N4S2. The topological polar surface area (TPSA) is 73.4 Å². The summed E-state index contributed by atoms with van der Waals surface area (Å²) in [5, 5.41) is 20.2. The fourth-order valence-corrected chi connectivity index (χ4v) is 4.75. The SMILES string of the molecule is Cc1cc(C)c(C#N)c(SCCCSc2nc(C)cc(C)c2C#N)n1. The molecule has 6 heteroatoms. The number of hydrogen-bond donors (Lipinski definition) is 0. The van der Waals surface area contributed by atoms with Crippen molar-refractivity contribution >= 4 is 23.5 Å². The number of thioether (sulfide) groups is 2. The molecule has 2 aromatic heterocycles. The molecule has 0 aliphatic carbocycles. The van der Waals surface area contributed by atoms with E-state index in [0.717, 1.165) is 50.5 Å². The molecule has 2 rings (SSSR count). The van der Waals surface area contributed by atoms with E-state index in [1.165, 1.54) is 0 Å². The lowest BCUT2D eigenvalue weighted by atomic mass is 10.1. The molecule has 0 fully saturated rings. The lowest BCUT2D eigenvalue weighted by Crippen LogP contribution is -1.97. The Morgan fingerprint density at radius 3 is 1.56 bits per heavy atom. The molecule has 25 heavy (non-hydrogen) atoms. The maximum absolute atomic E-state index is 9.30. The van der Waals surface area contributed by atoms with Crippen LogP contribution in [0.5, 0.6) is 0 Å². The zero-order valence-corrected chi connectivity index (χ0v) is 16.5. The molecule has 0 saturated carbocycles. The van der Waals surface area contributed by atoms with E-state index in [1.54, 1.807) is 23.5 Å². The first-order valence-corrected chi connectivity index (χ1v) is 9.95. The van der Waals surface area contributed by atoms with Crippen molar-refractivity contribution in [3.63, 3.8) is 0 Å². The maximum atomic E-state index is 9.30. The highest BCUT2D eigenvalue weighted by Gasteiger charge is 2.11. The number of nitriles is 2. The Balaban J connectivity index is 1.94. The van der Waals surface area contributed by atoms with Gasteiger partial charge in [0.2, 0.25) is 0 Å². The number of pyridine rings is 2. The molecule has 0 spiro atoms. The van der Waals surface area contributed by atoms with E-state index in [1.807, 2.05) is 39.8 Å². The summed E-state index contributed by atoms with van der Waals surface area (Å²) in [7, 11) is 0. The van der Waals surface area contributed by atoms with Gasteiger partial charge in [0.05, 0.1) is 11.1 Å².